The topological polar surface area (TPSA) is 51.2 Å². The van der Waals surface area contributed by atoms with Crippen LogP contribution in [-0.2, 0) is 14.4 Å². The molecule has 0 aliphatic heterocycles. The smallest absolute Gasteiger partial charge is 0.143 e. The number of ketones is 3. The van der Waals surface area contributed by atoms with E-state index in [1.165, 1.54) is 30.9 Å². The average Bonchev–Trinajstić information content (AvgIpc) is 2.72. The van der Waals surface area contributed by atoms with Crippen molar-refractivity contribution in [1.82, 2.24) is 0 Å². The SMILES string of the molecule is CCCC(CC1CC/C=C\C(C(C)(C)CCCC(C)C)=C(\C)CC(=O)C1)C(CC)C(=O)CC(C)=O. The van der Waals surface area contributed by atoms with Crippen LogP contribution in [0.3, 0.4) is 0 Å². The van der Waals surface area contributed by atoms with E-state index in [1.807, 2.05) is 0 Å². The van der Waals surface area contributed by atoms with Gasteiger partial charge in [0.1, 0.15) is 17.3 Å². The normalized spacial score (nSPS) is 22.7. The molecule has 3 heteroatoms. The van der Waals surface area contributed by atoms with Crippen molar-refractivity contribution in [3.05, 3.63) is 23.3 Å². The highest BCUT2D eigenvalue weighted by Gasteiger charge is 2.30. The fourth-order valence-corrected chi connectivity index (χ4v) is 6.14. The first kappa shape index (κ1) is 31.5. The fourth-order valence-electron chi connectivity index (χ4n) is 6.14. The molecule has 0 saturated carbocycles. The molecule has 3 nitrogen and oxygen atoms in total. The summed E-state index contributed by atoms with van der Waals surface area (Å²) in [7, 11) is 0. The number of Topliss-reactive ketones (excluding diaryl/α,β-unsaturated/α-hetero) is 3. The molecule has 1 rings (SSSR count). The molecule has 0 radical (unpaired) electrons. The number of carbonyl (C=O) groups excluding carboxylic acids is 3. The molecule has 0 bridgehead atoms. The van der Waals surface area contributed by atoms with Gasteiger partial charge in [-0.25, -0.2) is 0 Å². The number of carbonyl (C=O) groups is 3. The van der Waals surface area contributed by atoms with E-state index in [1.54, 1.807) is 0 Å². The Labute approximate surface area is 216 Å². The van der Waals surface area contributed by atoms with Crippen LogP contribution >= 0.6 is 0 Å². The molecule has 1 aliphatic rings. The molecule has 0 fully saturated rings. The molecule has 0 aromatic carbocycles. The van der Waals surface area contributed by atoms with E-state index in [2.05, 4.69) is 60.6 Å². The van der Waals surface area contributed by atoms with Crippen LogP contribution in [0.1, 0.15) is 132 Å². The minimum absolute atomic E-state index is 0.0464. The summed E-state index contributed by atoms with van der Waals surface area (Å²) >= 11 is 0. The Kier molecular flexibility index (Phi) is 14.0. The summed E-state index contributed by atoms with van der Waals surface area (Å²) in [4.78, 5) is 37.6. The van der Waals surface area contributed by atoms with Gasteiger partial charge in [-0.1, -0.05) is 85.0 Å². The largest absolute Gasteiger partial charge is 0.300 e. The van der Waals surface area contributed by atoms with E-state index in [0.29, 0.717) is 24.5 Å². The van der Waals surface area contributed by atoms with Crippen molar-refractivity contribution < 1.29 is 14.4 Å². The molecule has 0 N–H and O–H groups in total. The van der Waals surface area contributed by atoms with Crippen LogP contribution in [0.2, 0.25) is 0 Å². The lowest BCUT2D eigenvalue weighted by molar-refractivity contribution is -0.129. The zero-order valence-electron chi connectivity index (χ0n) is 24.2. The van der Waals surface area contributed by atoms with Crippen molar-refractivity contribution in [3.63, 3.8) is 0 Å². The maximum Gasteiger partial charge on any atom is 0.143 e. The van der Waals surface area contributed by atoms with Crippen LogP contribution < -0.4 is 0 Å². The van der Waals surface area contributed by atoms with Gasteiger partial charge in [0.05, 0.1) is 6.42 Å². The lowest BCUT2D eigenvalue weighted by atomic mass is 9.73. The van der Waals surface area contributed by atoms with Crippen molar-refractivity contribution >= 4 is 17.3 Å². The lowest BCUT2D eigenvalue weighted by Crippen LogP contribution is -2.27. The molecule has 0 aromatic rings. The van der Waals surface area contributed by atoms with E-state index < -0.39 is 0 Å². The number of hydrogen-bond acceptors (Lipinski definition) is 3. The maximum absolute atomic E-state index is 13.2. The second kappa shape index (κ2) is 15.6. The standard InChI is InChI=1S/C32H54O3/c1-9-14-27(29(10-2)31(35)20-25(6)33)21-26-16-11-12-17-30(24(5)19-28(34)22-26)32(7,8)18-13-15-23(3)4/h12,17,23,26-27,29H,9-11,13-16,18-22H2,1-8H3/b17-12-,30-24+. The van der Waals surface area contributed by atoms with E-state index in [4.69, 9.17) is 0 Å². The van der Waals surface area contributed by atoms with Crippen LogP contribution in [0.25, 0.3) is 0 Å². The first-order valence-electron chi connectivity index (χ1n) is 14.3. The third-order valence-electron chi connectivity index (χ3n) is 7.92. The Hall–Kier alpha value is -1.51. The van der Waals surface area contributed by atoms with Crippen molar-refractivity contribution in [2.24, 2.45) is 29.1 Å². The van der Waals surface area contributed by atoms with Gasteiger partial charge >= 0.3 is 0 Å². The summed E-state index contributed by atoms with van der Waals surface area (Å²) in [6, 6.07) is 0. The first-order chi connectivity index (χ1) is 16.4. The van der Waals surface area contributed by atoms with Crippen LogP contribution in [0.4, 0.5) is 0 Å². The first-order valence-corrected chi connectivity index (χ1v) is 14.3. The van der Waals surface area contributed by atoms with Crippen LogP contribution in [0.5, 0.6) is 0 Å². The van der Waals surface area contributed by atoms with E-state index in [9.17, 15) is 14.4 Å². The average molecular weight is 487 g/mol. The molecule has 0 aromatic heterocycles. The van der Waals surface area contributed by atoms with Gasteiger partial charge in [0.2, 0.25) is 0 Å². The summed E-state index contributed by atoms with van der Waals surface area (Å²) in [5.74, 6) is 1.59. The Morgan fingerprint density at radius 1 is 1.14 bits per heavy atom. The monoisotopic (exact) mass is 486 g/mol. The van der Waals surface area contributed by atoms with Crippen molar-refractivity contribution in [2.45, 2.75) is 132 Å². The van der Waals surface area contributed by atoms with E-state index >= 15 is 0 Å². The van der Waals surface area contributed by atoms with Crippen molar-refractivity contribution in [3.8, 4) is 0 Å². The molecule has 35 heavy (non-hydrogen) atoms. The second-order valence-electron chi connectivity index (χ2n) is 12.3. The minimum atomic E-state index is -0.0697. The Morgan fingerprint density at radius 3 is 2.40 bits per heavy atom. The van der Waals surface area contributed by atoms with Crippen molar-refractivity contribution in [2.75, 3.05) is 0 Å². The Morgan fingerprint density at radius 2 is 1.83 bits per heavy atom. The molecule has 3 unspecified atom stereocenters. The quantitative estimate of drug-likeness (QED) is 0.230. The van der Waals surface area contributed by atoms with Crippen LogP contribution in [0, 0.1) is 29.1 Å². The summed E-state index contributed by atoms with van der Waals surface area (Å²) in [5, 5.41) is 0. The molecular weight excluding hydrogens is 432 g/mol. The highest BCUT2D eigenvalue weighted by atomic mass is 16.1. The highest BCUT2D eigenvalue weighted by molar-refractivity contribution is 5.99. The molecule has 3 atom stereocenters. The molecule has 0 saturated heterocycles. The predicted octanol–water partition coefficient (Wildman–Crippen LogP) is 8.85. The molecule has 0 heterocycles. The Bertz CT molecular complexity index is 753. The number of allylic oxidation sites excluding steroid dienone is 4. The van der Waals surface area contributed by atoms with Gasteiger partial charge < -0.3 is 0 Å². The number of hydrogen-bond donors (Lipinski definition) is 0. The molecule has 0 amide bonds. The Balaban J connectivity index is 2.99. The third kappa shape index (κ3) is 11.4. The summed E-state index contributed by atoms with van der Waals surface area (Å²) < 4.78 is 0. The predicted molar refractivity (Wildman–Crippen MR) is 148 cm³/mol. The zero-order chi connectivity index (χ0) is 26.6. The van der Waals surface area contributed by atoms with E-state index in [-0.39, 0.29) is 35.2 Å². The van der Waals surface area contributed by atoms with Crippen LogP contribution in [0.15, 0.2) is 23.3 Å². The summed E-state index contributed by atoms with van der Waals surface area (Å²) in [5.41, 5.74) is 2.64. The van der Waals surface area contributed by atoms with Gasteiger partial charge in [0.15, 0.2) is 0 Å². The lowest BCUT2D eigenvalue weighted by Gasteiger charge is -2.31. The summed E-state index contributed by atoms with van der Waals surface area (Å²) in [6.45, 7) is 17.1. The van der Waals surface area contributed by atoms with E-state index in [0.717, 1.165) is 50.9 Å². The summed E-state index contributed by atoms with van der Waals surface area (Å²) in [6.07, 6.45) is 15.0. The second-order valence-corrected chi connectivity index (χ2v) is 12.3. The van der Waals surface area contributed by atoms with Crippen molar-refractivity contribution in [1.29, 1.82) is 0 Å². The highest BCUT2D eigenvalue weighted by Crippen LogP contribution is 2.38. The molecule has 200 valence electrons. The van der Waals surface area contributed by atoms with Gasteiger partial charge in [-0.2, -0.15) is 0 Å². The van der Waals surface area contributed by atoms with Gasteiger partial charge in [0, 0.05) is 18.8 Å². The molecule has 1 aliphatic carbocycles. The zero-order valence-corrected chi connectivity index (χ0v) is 24.2. The van der Waals surface area contributed by atoms with Crippen LogP contribution in [-0.4, -0.2) is 17.3 Å². The van der Waals surface area contributed by atoms with Gasteiger partial charge in [0.25, 0.3) is 0 Å². The van der Waals surface area contributed by atoms with Gasteiger partial charge in [-0.15, -0.1) is 0 Å². The van der Waals surface area contributed by atoms with Gasteiger partial charge in [-0.3, -0.25) is 14.4 Å². The third-order valence-corrected chi connectivity index (χ3v) is 7.92. The molecule has 0 spiro atoms. The fraction of sp³-hybridized carbons (Fsp3) is 0.781. The maximum atomic E-state index is 13.2. The minimum Gasteiger partial charge on any atom is -0.300 e. The van der Waals surface area contributed by atoms with Gasteiger partial charge in [-0.05, 0) is 74.7 Å². The molecular formula is C32H54O3. The number of rotatable bonds is 14.